The van der Waals surface area contributed by atoms with Crippen LogP contribution in [0.25, 0.3) is 0 Å². The molecular weight excluding hydrogens is 272 g/mol. The lowest BCUT2D eigenvalue weighted by molar-refractivity contribution is -0.118. The molecule has 0 spiro atoms. The van der Waals surface area contributed by atoms with Crippen molar-refractivity contribution in [1.82, 2.24) is 5.32 Å². The van der Waals surface area contributed by atoms with Gasteiger partial charge in [-0.25, -0.2) is 0 Å². The summed E-state index contributed by atoms with van der Waals surface area (Å²) in [4.78, 5) is 10.6. The smallest absolute Gasteiger partial charge is 0.220 e. The molecule has 1 aromatic carbocycles. The molecule has 0 unspecified atom stereocenters. The van der Waals surface area contributed by atoms with Gasteiger partial charge < -0.3 is 15.8 Å². The molecule has 3 N–H and O–H groups in total. The molecule has 0 bridgehead atoms. The lowest BCUT2D eigenvalue weighted by Crippen LogP contribution is -2.15. The van der Waals surface area contributed by atoms with Crippen LogP contribution in [-0.2, 0) is 11.3 Å². The van der Waals surface area contributed by atoms with Crippen LogP contribution in [0.4, 0.5) is 0 Å². The Morgan fingerprint density at radius 1 is 1.56 bits per heavy atom. The van der Waals surface area contributed by atoms with E-state index in [-0.39, 0.29) is 12.3 Å². The third-order valence-corrected chi connectivity index (χ3v) is 2.64. The number of nitrogens with one attached hydrogen (secondary N) is 1. The Bertz CT molecular complexity index is 369. The topological polar surface area (TPSA) is 64.3 Å². The molecule has 1 rings (SSSR count). The number of rotatable bonds is 6. The molecule has 0 atom stereocenters. The van der Waals surface area contributed by atoms with E-state index in [9.17, 15) is 4.79 Å². The zero-order chi connectivity index (χ0) is 12.0. The van der Waals surface area contributed by atoms with Crippen molar-refractivity contribution >= 4 is 21.8 Å². The third-order valence-electron chi connectivity index (χ3n) is 2.01. The average molecular weight is 287 g/mol. The molecule has 0 aliphatic carbocycles. The molecule has 0 saturated carbocycles. The maximum absolute atomic E-state index is 10.6. The lowest BCUT2D eigenvalue weighted by Gasteiger charge is -2.12. The number of primary amides is 1. The molecule has 0 heterocycles. The first-order valence-electron chi connectivity index (χ1n) is 4.98. The normalized spacial score (nSPS) is 10.1. The van der Waals surface area contributed by atoms with Crippen molar-refractivity contribution in [1.29, 1.82) is 0 Å². The minimum absolute atomic E-state index is 0.223. The van der Waals surface area contributed by atoms with Gasteiger partial charge in [0.1, 0.15) is 5.75 Å². The van der Waals surface area contributed by atoms with Gasteiger partial charge in [-0.3, -0.25) is 4.79 Å². The second-order valence-electron chi connectivity index (χ2n) is 3.32. The van der Waals surface area contributed by atoms with E-state index in [2.05, 4.69) is 21.2 Å². The predicted molar refractivity (Wildman–Crippen MR) is 66.2 cm³/mol. The van der Waals surface area contributed by atoms with Crippen LogP contribution in [0.5, 0.6) is 5.75 Å². The molecule has 0 aromatic heterocycles. The summed E-state index contributed by atoms with van der Waals surface area (Å²) in [6.07, 6.45) is 0.223. The SMILES string of the molecule is CNCc1cccc(Br)c1OCCC(N)=O. The molecule has 88 valence electrons. The highest BCUT2D eigenvalue weighted by atomic mass is 79.9. The van der Waals surface area contributed by atoms with Crippen LogP contribution in [0.15, 0.2) is 22.7 Å². The summed E-state index contributed by atoms with van der Waals surface area (Å²) in [5, 5.41) is 3.06. The van der Waals surface area contributed by atoms with Gasteiger partial charge in [-0.05, 0) is 29.0 Å². The maximum Gasteiger partial charge on any atom is 0.220 e. The molecule has 0 fully saturated rings. The average Bonchev–Trinajstić information content (AvgIpc) is 2.22. The second-order valence-corrected chi connectivity index (χ2v) is 4.18. The Balaban J connectivity index is 2.71. The Kier molecular flexibility index (Phi) is 5.28. The summed E-state index contributed by atoms with van der Waals surface area (Å²) >= 11 is 3.42. The van der Waals surface area contributed by atoms with Crippen molar-refractivity contribution in [3.8, 4) is 5.75 Å². The van der Waals surface area contributed by atoms with Crippen molar-refractivity contribution < 1.29 is 9.53 Å². The summed E-state index contributed by atoms with van der Waals surface area (Å²) in [7, 11) is 1.87. The number of hydrogen-bond donors (Lipinski definition) is 2. The summed E-state index contributed by atoms with van der Waals surface area (Å²) in [5.74, 6) is 0.403. The summed E-state index contributed by atoms with van der Waals surface area (Å²) in [6, 6.07) is 5.82. The number of benzene rings is 1. The van der Waals surface area contributed by atoms with Crippen LogP contribution >= 0.6 is 15.9 Å². The molecule has 1 aromatic rings. The maximum atomic E-state index is 10.6. The van der Waals surface area contributed by atoms with Crippen molar-refractivity contribution in [3.05, 3.63) is 28.2 Å². The van der Waals surface area contributed by atoms with Gasteiger partial charge in [0.2, 0.25) is 5.91 Å². The fraction of sp³-hybridized carbons (Fsp3) is 0.364. The predicted octanol–water partition coefficient (Wildman–Crippen LogP) is 1.42. The van der Waals surface area contributed by atoms with E-state index < -0.39 is 0 Å². The first kappa shape index (κ1) is 13.0. The molecule has 0 saturated heterocycles. The monoisotopic (exact) mass is 286 g/mol. The molecule has 4 nitrogen and oxygen atoms in total. The van der Waals surface area contributed by atoms with Crippen molar-refractivity contribution in [2.45, 2.75) is 13.0 Å². The van der Waals surface area contributed by atoms with Gasteiger partial charge in [-0.2, -0.15) is 0 Å². The Morgan fingerprint density at radius 3 is 2.94 bits per heavy atom. The van der Waals surface area contributed by atoms with E-state index in [4.69, 9.17) is 10.5 Å². The number of carbonyl (C=O) groups is 1. The van der Waals surface area contributed by atoms with Crippen molar-refractivity contribution in [2.24, 2.45) is 5.73 Å². The number of halogens is 1. The molecule has 0 radical (unpaired) electrons. The van der Waals surface area contributed by atoms with E-state index >= 15 is 0 Å². The standard InChI is InChI=1S/C11H15BrN2O2/c1-14-7-8-3-2-4-9(12)11(8)16-6-5-10(13)15/h2-4,14H,5-7H2,1H3,(H2,13,15). The van der Waals surface area contributed by atoms with Gasteiger partial charge in [0, 0.05) is 12.1 Å². The third kappa shape index (κ3) is 3.83. The fourth-order valence-electron chi connectivity index (χ4n) is 1.30. The lowest BCUT2D eigenvalue weighted by atomic mass is 10.2. The van der Waals surface area contributed by atoms with Gasteiger partial charge in [-0.15, -0.1) is 0 Å². The first-order chi connectivity index (χ1) is 7.65. The van der Waals surface area contributed by atoms with Gasteiger partial charge in [-0.1, -0.05) is 12.1 Å². The number of amides is 1. The van der Waals surface area contributed by atoms with Crippen molar-refractivity contribution in [2.75, 3.05) is 13.7 Å². The molecule has 5 heteroatoms. The number of hydrogen-bond acceptors (Lipinski definition) is 3. The van der Waals surface area contributed by atoms with Gasteiger partial charge in [0.25, 0.3) is 0 Å². The summed E-state index contributed by atoms with van der Waals surface area (Å²) in [5.41, 5.74) is 6.09. The highest BCUT2D eigenvalue weighted by Gasteiger charge is 2.07. The summed E-state index contributed by atoms with van der Waals surface area (Å²) in [6.45, 7) is 1.01. The summed E-state index contributed by atoms with van der Waals surface area (Å²) < 4.78 is 6.42. The molecule has 0 aliphatic rings. The van der Waals surface area contributed by atoms with E-state index in [0.717, 1.165) is 15.8 Å². The van der Waals surface area contributed by atoms with E-state index in [1.807, 2.05) is 25.2 Å². The highest BCUT2D eigenvalue weighted by Crippen LogP contribution is 2.29. The van der Waals surface area contributed by atoms with Crippen molar-refractivity contribution in [3.63, 3.8) is 0 Å². The van der Waals surface area contributed by atoms with Gasteiger partial charge >= 0.3 is 0 Å². The van der Waals surface area contributed by atoms with E-state index in [1.165, 1.54) is 0 Å². The molecule has 16 heavy (non-hydrogen) atoms. The van der Waals surface area contributed by atoms with Gasteiger partial charge in [0.05, 0.1) is 17.5 Å². The Labute approximate surface area is 103 Å². The molecule has 1 amide bonds. The Morgan fingerprint density at radius 2 is 2.31 bits per heavy atom. The number of nitrogens with two attached hydrogens (primary N) is 1. The van der Waals surface area contributed by atoms with Crippen LogP contribution in [0, 0.1) is 0 Å². The first-order valence-corrected chi connectivity index (χ1v) is 5.77. The van der Waals surface area contributed by atoms with Gasteiger partial charge in [0.15, 0.2) is 0 Å². The van der Waals surface area contributed by atoms with Crippen LogP contribution in [0.3, 0.4) is 0 Å². The molecule has 0 aliphatic heterocycles. The zero-order valence-electron chi connectivity index (χ0n) is 9.13. The largest absolute Gasteiger partial charge is 0.492 e. The Hall–Kier alpha value is -1.07. The van der Waals surface area contributed by atoms with E-state index in [1.54, 1.807) is 0 Å². The zero-order valence-corrected chi connectivity index (χ0v) is 10.7. The minimum atomic E-state index is -0.359. The minimum Gasteiger partial charge on any atom is -0.492 e. The second kappa shape index (κ2) is 6.50. The molecular formula is C11H15BrN2O2. The van der Waals surface area contributed by atoms with Crippen LogP contribution in [0.1, 0.15) is 12.0 Å². The number of ether oxygens (including phenoxy) is 1. The fourth-order valence-corrected chi connectivity index (χ4v) is 1.82. The highest BCUT2D eigenvalue weighted by molar-refractivity contribution is 9.10. The number of carbonyl (C=O) groups excluding carboxylic acids is 1. The number of para-hydroxylation sites is 1. The van der Waals surface area contributed by atoms with Crippen LogP contribution in [-0.4, -0.2) is 19.6 Å². The van der Waals surface area contributed by atoms with Crippen LogP contribution < -0.4 is 15.8 Å². The van der Waals surface area contributed by atoms with Crippen LogP contribution in [0.2, 0.25) is 0 Å². The van der Waals surface area contributed by atoms with E-state index in [0.29, 0.717) is 13.2 Å². The quantitative estimate of drug-likeness (QED) is 0.831.